The van der Waals surface area contributed by atoms with Crippen molar-refractivity contribution in [2.75, 3.05) is 0 Å². The number of hydrogen-bond donors (Lipinski definition) is 2. The molecule has 2 aromatic heterocycles. The molecule has 3 rings (SSSR count). The molecule has 0 atom stereocenters. The lowest BCUT2D eigenvalue weighted by Crippen LogP contribution is -2.02. The summed E-state index contributed by atoms with van der Waals surface area (Å²) in [6, 6.07) is 2.48. The number of carboxylic acids is 1. The fourth-order valence-corrected chi connectivity index (χ4v) is 2.25. The maximum atomic E-state index is 11.9. The summed E-state index contributed by atoms with van der Waals surface area (Å²) in [7, 11) is 0. The molecule has 0 bridgehead atoms. The van der Waals surface area contributed by atoms with E-state index in [0.29, 0.717) is 0 Å². The molecule has 0 fully saturated rings. The maximum Gasteiger partial charge on any atom is 0.347 e. The third kappa shape index (κ3) is 1.69. The number of nitroso groups, excluding NO2 is 1. The van der Waals surface area contributed by atoms with Crippen LogP contribution in [0.4, 0.5) is 5.69 Å². The summed E-state index contributed by atoms with van der Waals surface area (Å²) in [5, 5.41) is 21.4. The van der Waals surface area contributed by atoms with E-state index in [4.69, 9.17) is 8.83 Å². The normalized spacial score (nSPS) is 11.1. The first-order chi connectivity index (χ1) is 9.93. The van der Waals surface area contributed by atoms with Gasteiger partial charge in [0.1, 0.15) is 27.9 Å². The van der Waals surface area contributed by atoms with Crippen molar-refractivity contribution in [3.63, 3.8) is 0 Å². The number of carboxylic acid groups (broad SMARTS) is 1. The second-order valence-corrected chi connectivity index (χ2v) is 4.37. The van der Waals surface area contributed by atoms with Gasteiger partial charge >= 0.3 is 11.6 Å². The zero-order valence-corrected chi connectivity index (χ0v) is 10.5. The van der Waals surface area contributed by atoms with Gasteiger partial charge in [0.2, 0.25) is 0 Å². The van der Waals surface area contributed by atoms with Crippen LogP contribution in [0.5, 0.6) is 5.75 Å². The van der Waals surface area contributed by atoms with Crippen LogP contribution in [0.3, 0.4) is 0 Å². The zero-order valence-electron chi connectivity index (χ0n) is 10.5. The fraction of sp³-hybridized carbons (Fsp3) is 0.0769. The van der Waals surface area contributed by atoms with Crippen molar-refractivity contribution in [1.82, 2.24) is 0 Å². The van der Waals surface area contributed by atoms with Gasteiger partial charge in [-0.3, -0.25) is 0 Å². The summed E-state index contributed by atoms with van der Waals surface area (Å²) in [6.45, 7) is 1.53. The van der Waals surface area contributed by atoms with Crippen molar-refractivity contribution < 1.29 is 23.8 Å². The summed E-state index contributed by atoms with van der Waals surface area (Å²) in [4.78, 5) is 33.9. The highest BCUT2D eigenvalue weighted by Gasteiger charge is 2.25. The number of aromatic hydroxyl groups is 1. The number of hydrogen-bond acceptors (Lipinski definition) is 7. The molecule has 0 spiro atoms. The number of aromatic carboxylic acids is 1. The van der Waals surface area contributed by atoms with Gasteiger partial charge in [0.15, 0.2) is 11.4 Å². The highest BCUT2D eigenvalue weighted by atomic mass is 16.4. The lowest BCUT2D eigenvalue weighted by atomic mass is 10.1. The summed E-state index contributed by atoms with van der Waals surface area (Å²) < 4.78 is 10.3. The number of rotatable bonds is 2. The Morgan fingerprint density at radius 1 is 1.19 bits per heavy atom. The van der Waals surface area contributed by atoms with Gasteiger partial charge in [-0.1, -0.05) is 0 Å². The van der Waals surface area contributed by atoms with Crippen molar-refractivity contribution in [2.45, 2.75) is 6.92 Å². The van der Waals surface area contributed by atoms with Crippen LogP contribution < -0.4 is 5.63 Å². The molecule has 0 aliphatic carbocycles. The molecule has 21 heavy (non-hydrogen) atoms. The maximum absolute atomic E-state index is 11.9. The van der Waals surface area contributed by atoms with Crippen molar-refractivity contribution >= 4 is 33.6 Å². The monoisotopic (exact) mass is 289 g/mol. The molecule has 0 saturated carbocycles. The SMILES string of the molecule is Cc1cc2oc3cc(N=O)c(O)c(C(=O)O)c3c2c(=O)o1. The minimum absolute atomic E-state index is 0.0484. The highest BCUT2D eigenvalue weighted by Crippen LogP contribution is 2.40. The Morgan fingerprint density at radius 2 is 1.86 bits per heavy atom. The minimum Gasteiger partial charge on any atom is -0.505 e. The molecule has 0 aliphatic heterocycles. The molecule has 2 heterocycles. The predicted molar refractivity (Wildman–Crippen MR) is 71.1 cm³/mol. The first kappa shape index (κ1) is 12.9. The molecule has 8 heteroatoms. The number of aryl methyl sites for hydroxylation is 1. The zero-order chi connectivity index (χ0) is 15.3. The Bertz CT molecular complexity index is 980. The van der Waals surface area contributed by atoms with Crippen LogP contribution in [0, 0.1) is 11.8 Å². The quantitative estimate of drug-likeness (QED) is 0.693. The van der Waals surface area contributed by atoms with Crippen LogP contribution in [0.1, 0.15) is 16.1 Å². The molecule has 1 aromatic carbocycles. The first-order valence-corrected chi connectivity index (χ1v) is 5.73. The molecule has 0 amide bonds. The number of carbonyl (C=O) groups is 1. The van der Waals surface area contributed by atoms with E-state index in [2.05, 4.69) is 5.18 Å². The largest absolute Gasteiger partial charge is 0.505 e. The van der Waals surface area contributed by atoms with Gasteiger partial charge in [0, 0.05) is 12.1 Å². The molecular weight excluding hydrogens is 282 g/mol. The Morgan fingerprint density at radius 3 is 2.48 bits per heavy atom. The Hall–Kier alpha value is -3.16. The number of fused-ring (bicyclic) bond motifs is 3. The van der Waals surface area contributed by atoms with E-state index in [0.717, 1.165) is 6.07 Å². The summed E-state index contributed by atoms with van der Waals surface area (Å²) in [6.07, 6.45) is 0. The standard InChI is InChI=1S/C13H7NO7/c1-4-2-6-9(13(18)20-4)8-7(21-6)3-5(14-19)11(15)10(8)12(16)17/h2-3,15H,1H3,(H,16,17). The topological polar surface area (TPSA) is 130 Å². The van der Waals surface area contributed by atoms with Gasteiger partial charge in [-0.2, -0.15) is 0 Å². The molecule has 0 radical (unpaired) electrons. The summed E-state index contributed by atoms with van der Waals surface area (Å²) >= 11 is 0. The van der Waals surface area contributed by atoms with E-state index in [1.54, 1.807) is 0 Å². The van der Waals surface area contributed by atoms with E-state index in [1.807, 2.05) is 0 Å². The molecule has 0 aliphatic rings. The molecule has 106 valence electrons. The second kappa shape index (κ2) is 4.17. The lowest BCUT2D eigenvalue weighted by Gasteiger charge is -2.02. The number of phenols is 1. The Labute approximate surface area is 115 Å². The van der Waals surface area contributed by atoms with Crippen LogP contribution in [0.2, 0.25) is 0 Å². The molecule has 0 unspecified atom stereocenters. The van der Waals surface area contributed by atoms with Crippen molar-refractivity contribution in [1.29, 1.82) is 0 Å². The second-order valence-electron chi connectivity index (χ2n) is 4.37. The van der Waals surface area contributed by atoms with E-state index < -0.39 is 28.6 Å². The first-order valence-electron chi connectivity index (χ1n) is 5.73. The van der Waals surface area contributed by atoms with E-state index in [-0.39, 0.29) is 27.7 Å². The fourth-order valence-electron chi connectivity index (χ4n) is 2.25. The highest BCUT2D eigenvalue weighted by molar-refractivity contribution is 6.17. The Balaban J connectivity index is 2.67. The average molecular weight is 289 g/mol. The minimum atomic E-state index is -1.52. The van der Waals surface area contributed by atoms with Crippen LogP contribution in [-0.4, -0.2) is 16.2 Å². The number of benzene rings is 1. The van der Waals surface area contributed by atoms with Crippen LogP contribution in [-0.2, 0) is 0 Å². The van der Waals surface area contributed by atoms with E-state index in [1.165, 1.54) is 13.0 Å². The van der Waals surface area contributed by atoms with Crippen molar-refractivity contribution in [3.8, 4) is 5.75 Å². The smallest absolute Gasteiger partial charge is 0.347 e. The van der Waals surface area contributed by atoms with Gasteiger partial charge in [-0.15, -0.1) is 4.91 Å². The third-order valence-corrected chi connectivity index (χ3v) is 3.06. The van der Waals surface area contributed by atoms with Crippen LogP contribution in [0.15, 0.2) is 30.9 Å². The molecule has 3 aromatic rings. The van der Waals surface area contributed by atoms with Gasteiger partial charge in [-0.25, -0.2) is 9.59 Å². The van der Waals surface area contributed by atoms with Gasteiger partial charge < -0.3 is 19.0 Å². The van der Waals surface area contributed by atoms with Gasteiger partial charge in [0.05, 0.1) is 5.39 Å². The average Bonchev–Trinajstić information content (AvgIpc) is 2.74. The van der Waals surface area contributed by atoms with Gasteiger partial charge in [-0.05, 0) is 12.1 Å². The van der Waals surface area contributed by atoms with Gasteiger partial charge in [0.25, 0.3) is 0 Å². The van der Waals surface area contributed by atoms with Crippen LogP contribution in [0.25, 0.3) is 21.9 Å². The summed E-state index contributed by atoms with van der Waals surface area (Å²) in [5.41, 5.74) is -1.86. The molecular formula is C13H7NO7. The molecule has 2 N–H and O–H groups in total. The number of nitrogens with zero attached hydrogens (tertiary/aromatic N) is 1. The van der Waals surface area contributed by atoms with E-state index >= 15 is 0 Å². The van der Waals surface area contributed by atoms with E-state index in [9.17, 15) is 24.7 Å². The predicted octanol–water partition coefficient (Wildman–Crippen LogP) is 2.65. The third-order valence-electron chi connectivity index (χ3n) is 3.06. The molecule has 0 saturated heterocycles. The summed E-state index contributed by atoms with van der Waals surface area (Å²) in [5.74, 6) is -2.07. The van der Waals surface area contributed by atoms with Crippen LogP contribution >= 0.6 is 0 Å². The lowest BCUT2D eigenvalue weighted by molar-refractivity contribution is 0.0696. The molecule has 8 nitrogen and oxygen atoms in total. The van der Waals surface area contributed by atoms with Crippen molar-refractivity contribution in [2.24, 2.45) is 5.18 Å². The van der Waals surface area contributed by atoms with Crippen molar-refractivity contribution in [3.05, 3.63) is 38.8 Å². The Kier molecular flexibility index (Phi) is 2.55. The number of furan rings is 1.